The molecule has 0 aliphatic heterocycles. The Morgan fingerprint density at radius 1 is 0.611 bits per heavy atom. The maximum absolute atomic E-state index is 2.82. The predicted molar refractivity (Wildman–Crippen MR) is 84.6 cm³/mol. The topological polar surface area (TPSA) is 9.72 Å². The van der Waals surface area contributed by atoms with Gasteiger partial charge in [-0.1, -0.05) is 0 Å². The van der Waals surface area contributed by atoms with Crippen molar-refractivity contribution in [3.05, 3.63) is 0 Å². The fraction of sp³-hybridized carbons (Fsp3) is 1.00. The van der Waals surface area contributed by atoms with Gasteiger partial charge >= 0.3 is 124 Å². The standard InChI is InChI=1S/C12H28N3.2CH3.In/c1-5-14(6-2)11-9-13-10-12-15(7-3)8-4;;;/h5-12H2,1-4H3;2*1H3;/q-1;;;+1. The average molecular weight is 359 g/mol. The first-order chi connectivity index (χ1) is 8.58. The first-order valence-corrected chi connectivity index (χ1v) is 15.8. The Hall–Kier alpha value is 0.750. The van der Waals surface area contributed by atoms with Crippen LogP contribution in [0.25, 0.3) is 0 Å². The van der Waals surface area contributed by atoms with Gasteiger partial charge in [-0.15, -0.1) is 0 Å². The molecule has 18 heavy (non-hydrogen) atoms. The van der Waals surface area contributed by atoms with Gasteiger partial charge in [0.25, 0.3) is 0 Å². The van der Waals surface area contributed by atoms with Crippen molar-refractivity contribution in [1.82, 2.24) is 12.7 Å². The van der Waals surface area contributed by atoms with Crippen LogP contribution in [0.15, 0.2) is 0 Å². The minimum absolute atomic E-state index is 1.19. The molecule has 0 aliphatic rings. The Balaban J connectivity index is 4.06. The van der Waals surface area contributed by atoms with E-state index in [1.807, 2.05) is 0 Å². The number of hydrogen-bond acceptors (Lipinski definition) is 3. The number of rotatable bonds is 11. The van der Waals surface area contributed by atoms with E-state index in [1.54, 1.807) is 0 Å². The molecule has 0 radical (unpaired) electrons. The molecule has 0 atom stereocenters. The minimum atomic E-state index is -1.34. The Morgan fingerprint density at radius 2 is 0.944 bits per heavy atom. The molecule has 0 spiro atoms. The van der Waals surface area contributed by atoms with Crippen molar-refractivity contribution >= 4 is 21.7 Å². The third-order valence-electron chi connectivity index (χ3n) is 3.93. The first kappa shape index (κ1) is 18.8. The third-order valence-corrected chi connectivity index (χ3v) is 9.57. The number of hydrogen-bond donors (Lipinski definition) is 0. The zero-order valence-electron chi connectivity index (χ0n) is 13.6. The molecule has 0 aromatic carbocycles. The average Bonchev–Trinajstić information content (AvgIpc) is 2.37. The SMILES string of the molecule is CCN(CC)CC[N](CCN(CC)CC)[In]([CH3])[CH3]. The van der Waals surface area contributed by atoms with E-state index < -0.39 is 21.7 Å². The molecule has 0 bridgehead atoms. The van der Waals surface area contributed by atoms with Gasteiger partial charge in [0.1, 0.15) is 0 Å². The third kappa shape index (κ3) is 8.03. The number of likely N-dealkylation sites (N-methyl/N-ethyl adjacent to an activating group) is 2. The molecule has 4 heteroatoms. The van der Waals surface area contributed by atoms with E-state index in [4.69, 9.17) is 0 Å². The fourth-order valence-corrected chi connectivity index (χ4v) is 5.85. The Morgan fingerprint density at radius 3 is 1.17 bits per heavy atom. The van der Waals surface area contributed by atoms with Crippen LogP contribution in [0.4, 0.5) is 0 Å². The molecule has 0 heterocycles. The van der Waals surface area contributed by atoms with Crippen LogP contribution in [0, 0.1) is 0 Å². The maximum atomic E-state index is 2.82. The van der Waals surface area contributed by atoms with E-state index >= 15 is 0 Å². The molecule has 3 nitrogen and oxygen atoms in total. The van der Waals surface area contributed by atoms with Crippen LogP contribution >= 0.6 is 0 Å². The molecule has 0 aliphatic carbocycles. The summed E-state index contributed by atoms with van der Waals surface area (Å²) < 4.78 is 7.86. The van der Waals surface area contributed by atoms with Crippen molar-refractivity contribution in [3.63, 3.8) is 0 Å². The summed E-state index contributed by atoms with van der Waals surface area (Å²) in [5.41, 5.74) is 0. The van der Waals surface area contributed by atoms with Gasteiger partial charge in [0, 0.05) is 0 Å². The van der Waals surface area contributed by atoms with Crippen LogP contribution in [0.3, 0.4) is 0 Å². The van der Waals surface area contributed by atoms with Crippen LogP contribution in [0.1, 0.15) is 27.7 Å². The van der Waals surface area contributed by atoms with Gasteiger partial charge in [-0.25, -0.2) is 0 Å². The van der Waals surface area contributed by atoms with Crippen molar-refractivity contribution in [2.45, 2.75) is 37.1 Å². The first-order valence-electron chi connectivity index (χ1n) is 7.77. The molecular formula is C14H34InN3. The Kier molecular flexibility index (Phi) is 12.0. The summed E-state index contributed by atoms with van der Waals surface area (Å²) in [6.45, 7) is 18.9. The van der Waals surface area contributed by atoms with Crippen LogP contribution in [0.2, 0.25) is 9.36 Å². The summed E-state index contributed by atoms with van der Waals surface area (Å²) in [5.74, 6) is 0. The van der Waals surface area contributed by atoms with Crippen molar-refractivity contribution in [2.24, 2.45) is 0 Å². The molecule has 0 aromatic rings. The molecule has 0 amide bonds. The van der Waals surface area contributed by atoms with Gasteiger partial charge in [0.15, 0.2) is 0 Å². The Labute approximate surface area is 123 Å². The zero-order chi connectivity index (χ0) is 14.0. The summed E-state index contributed by atoms with van der Waals surface area (Å²) in [6.07, 6.45) is 0. The second kappa shape index (κ2) is 11.6. The summed E-state index contributed by atoms with van der Waals surface area (Å²) in [7, 11) is 0. The van der Waals surface area contributed by atoms with E-state index in [2.05, 4.69) is 49.7 Å². The van der Waals surface area contributed by atoms with Crippen molar-refractivity contribution in [2.75, 3.05) is 52.4 Å². The van der Waals surface area contributed by atoms with Crippen molar-refractivity contribution < 1.29 is 0 Å². The summed E-state index contributed by atoms with van der Waals surface area (Å²) >= 11 is -1.34. The van der Waals surface area contributed by atoms with Crippen molar-refractivity contribution in [1.29, 1.82) is 0 Å². The van der Waals surface area contributed by atoms with Crippen LogP contribution in [-0.4, -0.2) is 86.8 Å². The summed E-state index contributed by atoms with van der Waals surface area (Å²) in [6, 6.07) is 0. The molecule has 0 saturated carbocycles. The quantitative estimate of drug-likeness (QED) is 0.560. The summed E-state index contributed by atoms with van der Waals surface area (Å²) in [4.78, 5) is 5.08. The second-order valence-electron chi connectivity index (χ2n) is 5.18. The zero-order valence-corrected chi connectivity index (χ0v) is 16.9. The molecule has 0 aromatic heterocycles. The van der Waals surface area contributed by atoms with Crippen LogP contribution < -0.4 is 0 Å². The van der Waals surface area contributed by atoms with E-state index in [1.165, 1.54) is 52.4 Å². The van der Waals surface area contributed by atoms with E-state index in [-0.39, 0.29) is 0 Å². The van der Waals surface area contributed by atoms with E-state index in [9.17, 15) is 0 Å². The second-order valence-corrected chi connectivity index (χ2v) is 13.5. The van der Waals surface area contributed by atoms with Gasteiger partial charge in [-0.05, 0) is 0 Å². The monoisotopic (exact) mass is 359 g/mol. The Bertz CT molecular complexity index is 164. The molecule has 0 unspecified atom stereocenters. The van der Waals surface area contributed by atoms with Gasteiger partial charge in [0.05, 0.1) is 0 Å². The van der Waals surface area contributed by atoms with Crippen LogP contribution in [0.5, 0.6) is 0 Å². The summed E-state index contributed by atoms with van der Waals surface area (Å²) in [5, 5.41) is 0. The van der Waals surface area contributed by atoms with Crippen LogP contribution in [-0.2, 0) is 0 Å². The molecule has 0 rings (SSSR count). The molecule has 0 fully saturated rings. The van der Waals surface area contributed by atoms with E-state index in [0.29, 0.717) is 0 Å². The van der Waals surface area contributed by atoms with E-state index in [0.717, 1.165) is 0 Å². The normalized spacial score (nSPS) is 11.8. The van der Waals surface area contributed by atoms with Crippen molar-refractivity contribution in [3.8, 4) is 0 Å². The molecule has 108 valence electrons. The fourth-order valence-electron chi connectivity index (χ4n) is 2.25. The molecule has 0 saturated heterocycles. The van der Waals surface area contributed by atoms with Gasteiger partial charge in [0.2, 0.25) is 0 Å². The van der Waals surface area contributed by atoms with Gasteiger partial charge in [-0.2, -0.15) is 0 Å². The number of nitrogens with zero attached hydrogens (tertiary/aromatic N) is 3. The van der Waals surface area contributed by atoms with Gasteiger partial charge < -0.3 is 0 Å². The molecule has 0 N–H and O–H groups in total. The van der Waals surface area contributed by atoms with Gasteiger partial charge in [-0.3, -0.25) is 0 Å². The predicted octanol–water partition coefficient (Wildman–Crippen LogP) is 2.22. The molecular weight excluding hydrogens is 325 g/mol.